The molecule has 0 saturated carbocycles. The van der Waals surface area contributed by atoms with Crippen molar-refractivity contribution >= 4 is 32.9 Å². The van der Waals surface area contributed by atoms with Crippen LogP contribution in [0.4, 0.5) is 11.4 Å². The maximum atomic E-state index is 9.49. The smallest absolute Gasteiger partial charge is 0.124 e. The molecule has 0 aliphatic carbocycles. The van der Waals surface area contributed by atoms with Crippen molar-refractivity contribution in [3.63, 3.8) is 0 Å². The standard InChI is InChI=1S/C22H19N3OS/c1-13-4-8-20-21(10-13)27-22(23-20)18-7-5-16(11-14(18)2)24-25-19-9-6-17(26)12-15(19)3/h4-12,26H,1-3H3. The third-order valence-corrected chi connectivity index (χ3v) is 5.49. The number of phenols is 1. The molecular weight excluding hydrogens is 354 g/mol. The summed E-state index contributed by atoms with van der Waals surface area (Å²) in [6, 6.07) is 17.4. The van der Waals surface area contributed by atoms with Crippen molar-refractivity contribution in [2.24, 2.45) is 10.2 Å². The summed E-state index contributed by atoms with van der Waals surface area (Å²) in [5.41, 5.74) is 6.94. The lowest BCUT2D eigenvalue weighted by Gasteiger charge is -2.03. The van der Waals surface area contributed by atoms with Crippen LogP contribution in [0.15, 0.2) is 64.8 Å². The molecular formula is C22H19N3OS. The second kappa shape index (κ2) is 6.93. The predicted molar refractivity (Wildman–Crippen MR) is 112 cm³/mol. The van der Waals surface area contributed by atoms with E-state index in [9.17, 15) is 5.11 Å². The summed E-state index contributed by atoms with van der Waals surface area (Å²) in [4.78, 5) is 4.77. The van der Waals surface area contributed by atoms with E-state index in [1.807, 2.05) is 19.1 Å². The van der Waals surface area contributed by atoms with Crippen molar-refractivity contribution in [3.05, 3.63) is 71.3 Å². The van der Waals surface area contributed by atoms with Crippen molar-refractivity contribution in [3.8, 4) is 16.3 Å². The molecule has 0 bridgehead atoms. The number of benzene rings is 3. The van der Waals surface area contributed by atoms with Crippen molar-refractivity contribution < 1.29 is 5.11 Å². The summed E-state index contributed by atoms with van der Waals surface area (Å²) in [7, 11) is 0. The van der Waals surface area contributed by atoms with Crippen LogP contribution in [0.2, 0.25) is 0 Å². The molecule has 0 unspecified atom stereocenters. The van der Waals surface area contributed by atoms with E-state index >= 15 is 0 Å². The van der Waals surface area contributed by atoms with Crippen LogP contribution in [0.25, 0.3) is 20.8 Å². The number of aromatic hydroxyl groups is 1. The van der Waals surface area contributed by atoms with E-state index in [-0.39, 0.29) is 5.75 Å². The number of aromatic nitrogens is 1. The number of aryl methyl sites for hydroxylation is 3. The molecule has 134 valence electrons. The number of rotatable bonds is 3. The van der Waals surface area contributed by atoms with Gasteiger partial charge in [-0.15, -0.1) is 11.3 Å². The number of hydrogen-bond acceptors (Lipinski definition) is 5. The maximum absolute atomic E-state index is 9.49. The molecule has 27 heavy (non-hydrogen) atoms. The molecule has 0 saturated heterocycles. The minimum Gasteiger partial charge on any atom is -0.508 e. The lowest BCUT2D eigenvalue weighted by molar-refractivity contribution is 0.475. The summed E-state index contributed by atoms with van der Waals surface area (Å²) < 4.78 is 1.20. The topological polar surface area (TPSA) is 57.8 Å². The molecule has 1 heterocycles. The summed E-state index contributed by atoms with van der Waals surface area (Å²) >= 11 is 1.71. The monoisotopic (exact) mass is 373 g/mol. The van der Waals surface area contributed by atoms with Crippen LogP contribution in [-0.4, -0.2) is 10.1 Å². The fraction of sp³-hybridized carbons (Fsp3) is 0.136. The molecule has 1 aromatic heterocycles. The van der Waals surface area contributed by atoms with Crippen LogP contribution in [-0.2, 0) is 0 Å². The van der Waals surface area contributed by atoms with Gasteiger partial charge in [-0.05, 0) is 86.0 Å². The highest BCUT2D eigenvalue weighted by atomic mass is 32.1. The highest BCUT2D eigenvalue weighted by Gasteiger charge is 2.09. The molecule has 3 aromatic carbocycles. The van der Waals surface area contributed by atoms with Crippen LogP contribution in [0, 0.1) is 20.8 Å². The quantitative estimate of drug-likeness (QED) is 0.393. The van der Waals surface area contributed by atoms with Crippen LogP contribution in [0.3, 0.4) is 0 Å². The fourth-order valence-corrected chi connectivity index (χ4v) is 4.11. The average Bonchev–Trinajstić information content (AvgIpc) is 3.03. The van der Waals surface area contributed by atoms with Gasteiger partial charge in [-0.1, -0.05) is 6.07 Å². The summed E-state index contributed by atoms with van der Waals surface area (Å²) in [5, 5.41) is 19.2. The van der Waals surface area contributed by atoms with Gasteiger partial charge in [0.2, 0.25) is 0 Å². The van der Waals surface area contributed by atoms with E-state index in [0.717, 1.165) is 38.6 Å². The number of fused-ring (bicyclic) bond motifs is 1. The number of hydrogen-bond donors (Lipinski definition) is 1. The molecule has 1 N–H and O–H groups in total. The van der Waals surface area contributed by atoms with E-state index in [1.165, 1.54) is 10.3 Å². The van der Waals surface area contributed by atoms with Gasteiger partial charge in [0.25, 0.3) is 0 Å². The molecule has 4 aromatic rings. The summed E-state index contributed by atoms with van der Waals surface area (Å²) in [6.07, 6.45) is 0. The zero-order valence-electron chi connectivity index (χ0n) is 15.4. The minimum atomic E-state index is 0.234. The predicted octanol–water partition coefficient (Wildman–Crippen LogP) is 7.01. The van der Waals surface area contributed by atoms with Crippen molar-refractivity contribution in [2.75, 3.05) is 0 Å². The van der Waals surface area contributed by atoms with Crippen molar-refractivity contribution in [2.45, 2.75) is 20.8 Å². The Hall–Kier alpha value is -3.05. The molecule has 0 spiro atoms. The zero-order valence-corrected chi connectivity index (χ0v) is 16.2. The second-order valence-electron chi connectivity index (χ2n) is 6.66. The molecule has 0 aliphatic heterocycles. The van der Waals surface area contributed by atoms with E-state index in [1.54, 1.807) is 29.5 Å². The molecule has 5 heteroatoms. The van der Waals surface area contributed by atoms with E-state index in [4.69, 9.17) is 4.98 Å². The number of phenolic OH excluding ortho intramolecular Hbond substituents is 1. The molecule has 0 radical (unpaired) electrons. The number of azo groups is 1. The molecule has 4 nitrogen and oxygen atoms in total. The second-order valence-corrected chi connectivity index (χ2v) is 7.69. The van der Waals surface area contributed by atoms with Crippen molar-refractivity contribution in [1.29, 1.82) is 0 Å². The molecule has 0 fully saturated rings. The molecule has 0 amide bonds. The van der Waals surface area contributed by atoms with Gasteiger partial charge in [0.05, 0.1) is 21.6 Å². The number of thiazole rings is 1. The minimum absolute atomic E-state index is 0.234. The summed E-state index contributed by atoms with van der Waals surface area (Å²) in [5.74, 6) is 0.234. The first-order chi connectivity index (χ1) is 13.0. The van der Waals surface area contributed by atoms with Crippen LogP contribution >= 0.6 is 11.3 Å². The lowest BCUT2D eigenvalue weighted by atomic mass is 10.1. The van der Waals surface area contributed by atoms with E-state index in [2.05, 4.69) is 48.3 Å². The lowest BCUT2D eigenvalue weighted by Crippen LogP contribution is -1.81. The SMILES string of the molecule is Cc1ccc2nc(-c3ccc(N=Nc4ccc(O)cc4C)cc3C)sc2c1. The first-order valence-corrected chi connectivity index (χ1v) is 9.51. The first-order valence-electron chi connectivity index (χ1n) is 8.69. The normalized spacial score (nSPS) is 11.5. The van der Waals surface area contributed by atoms with E-state index in [0.29, 0.717) is 0 Å². The Balaban J connectivity index is 1.64. The van der Waals surface area contributed by atoms with Gasteiger partial charge >= 0.3 is 0 Å². The Morgan fingerprint density at radius 1 is 0.852 bits per heavy atom. The van der Waals surface area contributed by atoms with Gasteiger partial charge in [-0.3, -0.25) is 0 Å². The molecule has 0 aliphatic rings. The number of nitrogens with zero attached hydrogens (tertiary/aromatic N) is 3. The molecule has 0 atom stereocenters. The Morgan fingerprint density at radius 2 is 1.70 bits per heavy atom. The maximum Gasteiger partial charge on any atom is 0.124 e. The largest absolute Gasteiger partial charge is 0.508 e. The van der Waals surface area contributed by atoms with Gasteiger partial charge in [-0.25, -0.2) is 4.98 Å². The van der Waals surface area contributed by atoms with E-state index < -0.39 is 0 Å². The van der Waals surface area contributed by atoms with Crippen molar-refractivity contribution in [1.82, 2.24) is 4.98 Å². The van der Waals surface area contributed by atoms with Gasteiger partial charge in [0, 0.05) is 5.56 Å². The van der Waals surface area contributed by atoms with Crippen LogP contribution in [0.1, 0.15) is 16.7 Å². The Labute approximate surface area is 161 Å². The zero-order chi connectivity index (χ0) is 19.0. The highest BCUT2D eigenvalue weighted by molar-refractivity contribution is 7.21. The van der Waals surface area contributed by atoms with Gasteiger partial charge < -0.3 is 5.11 Å². The average molecular weight is 373 g/mol. The first kappa shape index (κ1) is 17.4. The van der Waals surface area contributed by atoms with Gasteiger partial charge in [0.1, 0.15) is 10.8 Å². The highest BCUT2D eigenvalue weighted by Crippen LogP contribution is 2.34. The van der Waals surface area contributed by atoms with Gasteiger partial charge in [-0.2, -0.15) is 10.2 Å². The third-order valence-electron chi connectivity index (χ3n) is 4.44. The molecule has 4 rings (SSSR count). The van der Waals surface area contributed by atoms with Gasteiger partial charge in [0.15, 0.2) is 0 Å². The Morgan fingerprint density at radius 3 is 2.48 bits per heavy atom. The Bertz CT molecular complexity index is 1180. The third kappa shape index (κ3) is 3.59. The van der Waals surface area contributed by atoms with Crippen LogP contribution in [0.5, 0.6) is 5.75 Å². The fourth-order valence-electron chi connectivity index (χ4n) is 2.96. The Kier molecular flexibility index (Phi) is 4.46. The van der Waals surface area contributed by atoms with Crippen LogP contribution < -0.4 is 0 Å². The summed E-state index contributed by atoms with van der Waals surface area (Å²) in [6.45, 7) is 6.06.